The lowest BCUT2D eigenvalue weighted by Crippen LogP contribution is -2.69. The highest BCUT2D eigenvalue weighted by molar-refractivity contribution is 5.93. The van der Waals surface area contributed by atoms with E-state index in [4.69, 9.17) is 0 Å². The zero-order valence-electron chi connectivity index (χ0n) is 18.2. The zero-order chi connectivity index (χ0) is 29.0. The highest BCUT2D eigenvalue weighted by atomic mass is 19.4. The Bertz CT molecular complexity index is 1230. The number of hydrogen-bond donors (Lipinski definition) is 0. The number of hydrogen-bond acceptors (Lipinski definition) is 3. The van der Waals surface area contributed by atoms with E-state index in [0.717, 1.165) is 30.3 Å². The van der Waals surface area contributed by atoms with Crippen LogP contribution >= 0.6 is 0 Å². The van der Waals surface area contributed by atoms with Gasteiger partial charge in [0.15, 0.2) is 5.92 Å². The van der Waals surface area contributed by atoms with Crippen molar-refractivity contribution in [2.75, 3.05) is 6.61 Å². The summed E-state index contributed by atoms with van der Waals surface area (Å²) in [5.41, 5.74) is -4.39. The van der Waals surface area contributed by atoms with Gasteiger partial charge in [-0.25, -0.2) is 0 Å². The van der Waals surface area contributed by atoms with E-state index in [1.807, 2.05) is 0 Å². The number of carbonyl (C=O) groups is 1. The Morgan fingerprint density at radius 1 is 0.892 bits per heavy atom. The predicted octanol–water partition coefficient (Wildman–Crippen LogP) is 6.54. The van der Waals surface area contributed by atoms with Crippen molar-refractivity contribution in [1.29, 1.82) is 5.26 Å². The fraction of sp³-hybridized carbons (Fsp3) is 0.500. The highest BCUT2D eigenvalue weighted by Crippen LogP contribution is 2.62. The van der Waals surface area contributed by atoms with Gasteiger partial charge in [-0.15, -0.1) is 0 Å². The minimum Gasteiger partial charge on any atom is -0.465 e. The Labute approximate surface area is 198 Å². The number of rotatable bonds is 8. The number of esters is 1. The molecular weight excluding hydrogens is 547 g/mol. The standard InChI is InChI=1S/C20H13F13N2O2/c1-3-37-14(36)10(8-34)12-9-6-4-5-7-11(9)35(2)13(12)15(21,22)16(23,24)17(25,26)18(27,28)19(29,30)20(31,32)33/h4-7,10H,3H2,1-2H3. The summed E-state index contributed by atoms with van der Waals surface area (Å²) in [4.78, 5) is 12.2. The van der Waals surface area contributed by atoms with Crippen LogP contribution in [0.3, 0.4) is 0 Å². The average molecular weight is 560 g/mol. The van der Waals surface area contributed by atoms with Crippen molar-refractivity contribution in [1.82, 2.24) is 4.57 Å². The SMILES string of the molecule is CCOC(=O)C(C#N)c1c(C(F)(F)C(F)(F)C(F)(F)C(F)(F)C(F)(F)C(F)(F)F)n(C)c2ccccc12. The molecule has 4 nitrogen and oxygen atoms in total. The van der Waals surface area contributed by atoms with Crippen LogP contribution in [-0.2, 0) is 22.5 Å². The van der Waals surface area contributed by atoms with Gasteiger partial charge in [-0.1, -0.05) is 18.2 Å². The number of nitrogens with zero attached hydrogens (tertiary/aromatic N) is 2. The molecular formula is C20H13F13N2O2. The quantitative estimate of drug-likeness (QED) is 0.272. The van der Waals surface area contributed by atoms with E-state index in [0.29, 0.717) is 7.05 Å². The summed E-state index contributed by atoms with van der Waals surface area (Å²) < 4.78 is 183. The van der Waals surface area contributed by atoms with Gasteiger partial charge in [0.05, 0.1) is 12.7 Å². The van der Waals surface area contributed by atoms with Crippen LogP contribution in [0.4, 0.5) is 57.1 Å². The van der Waals surface area contributed by atoms with Crippen LogP contribution in [0.2, 0.25) is 0 Å². The summed E-state index contributed by atoms with van der Waals surface area (Å²) in [6, 6.07) is 4.99. The third-order valence-corrected chi connectivity index (χ3v) is 5.32. The highest BCUT2D eigenvalue weighted by Gasteiger charge is 2.91. The number of ether oxygens (including phenoxy) is 1. The van der Waals surface area contributed by atoms with E-state index in [-0.39, 0.29) is 4.57 Å². The molecule has 1 aromatic carbocycles. The molecule has 1 atom stereocenters. The molecule has 0 saturated carbocycles. The summed E-state index contributed by atoms with van der Waals surface area (Å²) >= 11 is 0. The van der Waals surface area contributed by atoms with Crippen molar-refractivity contribution in [3.63, 3.8) is 0 Å². The van der Waals surface area contributed by atoms with Gasteiger partial charge in [-0.2, -0.15) is 62.3 Å². The molecule has 0 radical (unpaired) electrons. The first-order valence-corrected chi connectivity index (χ1v) is 9.67. The second-order valence-corrected chi connectivity index (χ2v) is 7.52. The Balaban J connectivity index is 2.94. The van der Waals surface area contributed by atoms with Crippen LogP contribution in [0.5, 0.6) is 0 Å². The maximum absolute atomic E-state index is 15.2. The molecule has 0 amide bonds. The largest absolute Gasteiger partial charge is 0.465 e. The number of benzene rings is 1. The molecule has 0 N–H and O–H groups in total. The third kappa shape index (κ3) is 4.04. The van der Waals surface area contributed by atoms with Gasteiger partial charge < -0.3 is 9.30 Å². The number of halogens is 13. The number of carbonyl (C=O) groups excluding carboxylic acids is 1. The number of nitriles is 1. The molecule has 1 aromatic heterocycles. The summed E-state index contributed by atoms with van der Waals surface area (Å²) in [5, 5.41) is 8.71. The second-order valence-electron chi connectivity index (χ2n) is 7.52. The first-order chi connectivity index (χ1) is 16.6. The van der Waals surface area contributed by atoms with E-state index in [9.17, 15) is 58.4 Å². The number of aryl methyl sites for hydroxylation is 1. The van der Waals surface area contributed by atoms with Gasteiger partial charge in [0.25, 0.3) is 0 Å². The minimum absolute atomic E-state index is 0.0156. The first-order valence-electron chi connectivity index (χ1n) is 9.67. The van der Waals surface area contributed by atoms with Crippen LogP contribution in [0.15, 0.2) is 24.3 Å². The molecule has 0 aliphatic rings. The molecule has 0 fully saturated rings. The van der Waals surface area contributed by atoms with Crippen LogP contribution in [0.25, 0.3) is 10.9 Å². The van der Waals surface area contributed by atoms with Crippen LogP contribution in [0, 0.1) is 11.3 Å². The summed E-state index contributed by atoms with van der Waals surface area (Å²) in [7, 11) is 0.491. The average Bonchev–Trinajstić information content (AvgIpc) is 3.06. The fourth-order valence-corrected chi connectivity index (χ4v) is 3.47. The molecule has 0 aliphatic carbocycles. The second kappa shape index (κ2) is 8.98. The molecule has 0 aliphatic heterocycles. The summed E-state index contributed by atoms with van der Waals surface area (Å²) in [6.07, 6.45) is -7.55. The number of fused-ring (bicyclic) bond motifs is 1. The Morgan fingerprint density at radius 3 is 1.84 bits per heavy atom. The topological polar surface area (TPSA) is 55.0 Å². The van der Waals surface area contributed by atoms with E-state index in [1.165, 1.54) is 6.92 Å². The summed E-state index contributed by atoms with van der Waals surface area (Å²) in [5.74, 6) is -42.6. The van der Waals surface area contributed by atoms with Crippen molar-refractivity contribution in [3.8, 4) is 6.07 Å². The smallest absolute Gasteiger partial charge is 0.460 e. The van der Waals surface area contributed by atoms with Gasteiger partial charge in [0.2, 0.25) is 0 Å². The van der Waals surface area contributed by atoms with E-state index in [2.05, 4.69) is 4.74 Å². The molecule has 1 unspecified atom stereocenters. The van der Waals surface area contributed by atoms with Gasteiger partial charge in [-0.3, -0.25) is 4.79 Å². The number of alkyl halides is 13. The lowest BCUT2D eigenvalue weighted by molar-refractivity contribution is -0.442. The normalized spacial score (nSPS) is 15.0. The lowest BCUT2D eigenvalue weighted by atomic mass is 9.88. The fourth-order valence-electron chi connectivity index (χ4n) is 3.47. The van der Waals surface area contributed by atoms with Crippen LogP contribution < -0.4 is 0 Å². The van der Waals surface area contributed by atoms with E-state index in [1.54, 1.807) is 0 Å². The Hall–Kier alpha value is -3.19. The summed E-state index contributed by atoms with van der Waals surface area (Å²) in [6.45, 7) is 0.670. The van der Waals surface area contributed by atoms with E-state index >= 15 is 8.78 Å². The van der Waals surface area contributed by atoms with Gasteiger partial charge in [-0.05, 0) is 13.0 Å². The molecule has 0 bridgehead atoms. The Kier molecular flexibility index (Phi) is 7.29. The maximum atomic E-state index is 15.2. The molecule has 0 saturated heterocycles. The van der Waals surface area contributed by atoms with Crippen molar-refractivity contribution in [2.24, 2.45) is 7.05 Å². The molecule has 37 heavy (non-hydrogen) atoms. The van der Waals surface area contributed by atoms with Gasteiger partial charge in [0, 0.05) is 23.5 Å². The molecule has 206 valence electrons. The maximum Gasteiger partial charge on any atom is 0.460 e. The molecule has 2 aromatic rings. The van der Waals surface area contributed by atoms with Gasteiger partial charge >= 0.3 is 41.8 Å². The molecule has 17 heteroatoms. The van der Waals surface area contributed by atoms with Crippen LogP contribution in [-0.4, -0.2) is 47.0 Å². The van der Waals surface area contributed by atoms with Crippen molar-refractivity contribution in [2.45, 2.75) is 48.6 Å². The molecule has 2 rings (SSSR count). The van der Waals surface area contributed by atoms with Crippen LogP contribution in [0.1, 0.15) is 24.1 Å². The predicted molar refractivity (Wildman–Crippen MR) is 97.6 cm³/mol. The zero-order valence-corrected chi connectivity index (χ0v) is 18.2. The van der Waals surface area contributed by atoms with Crippen molar-refractivity contribution >= 4 is 16.9 Å². The lowest BCUT2D eigenvalue weighted by Gasteiger charge is -2.40. The minimum atomic E-state index is -8.09. The number of aromatic nitrogens is 1. The Morgan fingerprint density at radius 2 is 1.38 bits per heavy atom. The number of para-hydroxylation sites is 1. The van der Waals surface area contributed by atoms with Crippen molar-refractivity contribution < 1.29 is 66.6 Å². The van der Waals surface area contributed by atoms with Crippen molar-refractivity contribution in [3.05, 3.63) is 35.5 Å². The monoisotopic (exact) mass is 560 g/mol. The van der Waals surface area contributed by atoms with Gasteiger partial charge in [0.1, 0.15) is 5.69 Å². The first kappa shape index (κ1) is 30.0. The molecule has 1 heterocycles. The molecule has 0 spiro atoms. The van der Waals surface area contributed by atoms with E-state index < -0.39 is 76.4 Å². The third-order valence-electron chi connectivity index (χ3n) is 5.32.